The summed E-state index contributed by atoms with van der Waals surface area (Å²) in [5, 5.41) is 0. The van der Waals surface area contributed by atoms with Crippen LogP contribution in [0.1, 0.15) is 52.9 Å². The number of nitrogens with zero attached hydrogens (tertiary/aromatic N) is 1. The fourth-order valence-corrected chi connectivity index (χ4v) is 3.68. The average molecular weight is 223 g/mol. The van der Waals surface area contributed by atoms with E-state index in [1.807, 2.05) is 0 Å². The van der Waals surface area contributed by atoms with Crippen molar-refractivity contribution >= 4 is 0 Å². The van der Waals surface area contributed by atoms with Crippen LogP contribution in [0.25, 0.3) is 0 Å². The summed E-state index contributed by atoms with van der Waals surface area (Å²) in [5.41, 5.74) is 1.16. The second-order valence-corrected chi connectivity index (χ2v) is 7.33. The summed E-state index contributed by atoms with van der Waals surface area (Å²) in [6.45, 7) is 10.1. The molecule has 3 rings (SSSR count). The minimum Gasteiger partial charge on any atom is -0.374 e. The first-order valence-corrected chi connectivity index (χ1v) is 6.82. The number of fused-ring (bicyclic) bond motifs is 1. The molecule has 2 nitrogen and oxygen atoms in total. The van der Waals surface area contributed by atoms with Crippen molar-refractivity contribution in [3.8, 4) is 0 Å². The van der Waals surface area contributed by atoms with Crippen LogP contribution in [0.5, 0.6) is 0 Å². The third-order valence-corrected chi connectivity index (χ3v) is 4.70. The van der Waals surface area contributed by atoms with Crippen molar-refractivity contribution in [3.05, 3.63) is 0 Å². The number of rotatable bonds is 2. The zero-order valence-electron chi connectivity index (χ0n) is 11.0. The molecular weight excluding hydrogens is 198 g/mol. The number of ether oxygens (including phenoxy) is 1. The van der Waals surface area contributed by atoms with Gasteiger partial charge < -0.3 is 4.74 Å². The monoisotopic (exact) mass is 223 g/mol. The Balaban J connectivity index is 1.70. The Kier molecular flexibility index (Phi) is 2.23. The largest absolute Gasteiger partial charge is 0.374 e. The van der Waals surface area contributed by atoms with Gasteiger partial charge in [-0.1, -0.05) is 0 Å². The molecule has 2 heteroatoms. The molecule has 1 spiro atoms. The van der Waals surface area contributed by atoms with Gasteiger partial charge in [0.15, 0.2) is 0 Å². The topological polar surface area (TPSA) is 12.5 Å². The lowest BCUT2D eigenvalue weighted by Gasteiger charge is -2.34. The Bertz CT molecular complexity index is 290. The second kappa shape index (κ2) is 3.23. The molecule has 0 aromatic rings. The fourth-order valence-electron chi connectivity index (χ4n) is 3.68. The van der Waals surface area contributed by atoms with Gasteiger partial charge in [0, 0.05) is 12.1 Å². The second-order valence-electron chi connectivity index (χ2n) is 7.33. The lowest BCUT2D eigenvalue weighted by atomic mass is 9.89. The minimum atomic E-state index is 0.0162. The molecule has 16 heavy (non-hydrogen) atoms. The Hall–Kier alpha value is -0.0800. The molecule has 3 aliphatic rings. The van der Waals surface area contributed by atoms with Crippen LogP contribution in [0.3, 0.4) is 0 Å². The quantitative estimate of drug-likeness (QED) is 0.714. The van der Waals surface area contributed by atoms with Crippen molar-refractivity contribution in [2.75, 3.05) is 19.7 Å². The average Bonchev–Trinajstić information content (AvgIpc) is 2.65. The van der Waals surface area contributed by atoms with E-state index in [0.717, 1.165) is 12.0 Å². The fraction of sp³-hybridized carbons (Fsp3) is 1.00. The molecule has 92 valence electrons. The van der Waals surface area contributed by atoms with E-state index >= 15 is 0 Å². The van der Waals surface area contributed by atoms with Gasteiger partial charge in [-0.05, 0) is 64.8 Å². The van der Waals surface area contributed by atoms with E-state index in [4.69, 9.17) is 4.74 Å². The van der Waals surface area contributed by atoms with Crippen LogP contribution in [0.4, 0.5) is 0 Å². The summed E-state index contributed by atoms with van der Waals surface area (Å²) in [7, 11) is 0. The summed E-state index contributed by atoms with van der Waals surface area (Å²) in [4.78, 5) is 2.74. The summed E-state index contributed by atoms with van der Waals surface area (Å²) < 4.78 is 6.10. The maximum absolute atomic E-state index is 6.10. The van der Waals surface area contributed by atoms with Gasteiger partial charge in [-0.25, -0.2) is 0 Å². The number of hydrogen-bond acceptors (Lipinski definition) is 2. The van der Waals surface area contributed by atoms with Crippen LogP contribution in [-0.2, 0) is 4.74 Å². The Morgan fingerprint density at radius 2 is 1.94 bits per heavy atom. The molecule has 1 atom stereocenters. The molecule has 1 aliphatic carbocycles. The molecule has 0 aromatic heterocycles. The Morgan fingerprint density at radius 1 is 1.19 bits per heavy atom. The third-order valence-electron chi connectivity index (χ3n) is 4.70. The van der Waals surface area contributed by atoms with Gasteiger partial charge >= 0.3 is 0 Å². The van der Waals surface area contributed by atoms with Gasteiger partial charge in [-0.2, -0.15) is 0 Å². The van der Waals surface area contributed by atoms with E-state index in [0.29, 0.717) is 5.54 Å². The normalized spacial score (nSPS) is 36.9. The van der Waals surface area contributed by atoms with Crippen LogP contribution in [0.2, 0.25) is 0 Å². The van der Waals surface area contributed by atoms with E-state index in [2.05, 4.69) is 25.7 Å². The van der Waals surface area contributed by atoms with Crippen molar-refractivity contribution in [3.63, 3.8) is 0 Å². The zero-order valence-corrected chi connectivity index (χ0v) is 11.0. The molecule has 1 saturated carbocycles. The SMILES string of the molecule is CC(C)(C)OC[C@@]12CCCN1CC1(CC1)C2. The molecule has 0 amide bonds. The molecule has 2 heterocycles. The van der Waals surface area contributed by atoms with Crippen LogP contribution >= 0.6 is 0 Å². The van der Waals surface area contributed by atoms with Crippen LogP contribution in [0.15, 0.2) is 0 Å². The van der Waals surface area contributed by atoms with Crippen molar-refractivity contribution in [2.45, 2.75) is 64.0 Å². The molecule has 2 saturated heterocycles. The maximum Gasteiger partial charge on any atom is 0.0657 e. The molecule has 0 N–H and O–H groups in total. The van der Waals surface area contributed by atoms with Gasteiger partial charge in [0.1, 0.15) is 0 Å². The minimum absolute atomic E-state index is 0.0162. The van der Waals surface area contributed by atoms with Gasteiger partial charge in [0.2, 0.25) is 0 Å². The van der Waals surface area contributed by atoms with E-state index in [1.54, 1.807) is 0 Å². The Morgan fingerprint density at radius 3 is 2.56 bits per heavy atom. The molecule has 0 bridgehead atoms. The molecular formula is C14H25NO. The van der Waals surface area contributed by atoms with Gasteiger partial charge in [-0.3, -0.25) is 4.90 Å². The van der Waals surface area contributed by atoms with Crippen LogP contribution in [-0.4, -0.2) is 35.7 Å². The number of hydrogen-bond donors (Lipinski definition) is 0. The first-order chi connectivity index (χ1) is 7.43. The lowest BCUT2D eigenvalue weighted by molar-refractivity contribution is -0.0525. The van der Waals surface area contributed by atoms with Gasteiger partial charge in [0.05, 0.1) is 12.2 Å². The lowest BCUT2D eigenvalue weighted by Crippen LogP contribution is -2.44. The van der Waals surface area contributed by atoms with Crippen molar-refractivity contribution in [1.29, 1.82) is 0 Å². The van der Waals surface area contributed by atoms with Gasteiger partial charge in [0.25, 0.3) is 0 Å². The first-order valence-electron chi connectivity index (χ1n) is 6.82. The summed E-state index contributed by atoms with van der Waals surface area (Å²) >= 11 is 0. The molecule has 3 fully saturated rings. The molecule has 2 aliphatic heterocycles. The predicted octanol–water partition coefficient (Wildman–Crippen LogP) is 2.82. The summed E-state index contributed by atoms with van der Waals surface area (Å²) in [6.07, 6.45) is 7.10. The maximum atomic E-state index is 6.10. The molecule has 0 aromatic carbocycles. The highest BCUT2D eigenvalue weighted by Gasteiger charge is 2.60. The zero-order chi connectivity index (χ0) is 11.4. The van der Waals surface area contributed by atoms with E-state index in [1.165, 1.54) is 45.2 Å². The standard InChI is InChI=1S/C14H25NO/c1-12(2,3)16-11-14-5-4-8-15(14)10-13(9-14)6-7-13/h4-11H2,1-3H3/t14-/m0/s1. The molecule has 0 unspecified atom stereocenters. The van der Waals surface area contributed by atoms with Gasteiger partial charge in [-0.15, -0.1) is 0 Å². The van der Waals surface area contributed by atoms with Crippen molar-refractivity contribution < 1.29 is 4.74 Å². The van der Waals surface area contributed by atoms with Crippen molar-refractivity contribution in [1.82, 2.24) is 4.90 Å². The summed E-state index contributed by atoms with van der Waals surface area (Å²) in [5.74, 6) is 0. The highest BCUT2D eigenvalue weighted by atomic mass is 16.5. The highest BCUT2D eigenvalue weighted by Crippen LogP contribution is 2.60. The van der Waals surface area contributed by atoms with E-state index in [-0.39, 0.29) is 5.60 Å². The van der Waals surface area contributed by atoms with Crippen LogP contribution < -0.4 is 0 Å². The third kappa shape index (κ3) is 1.80. The Labute approximate surface area is 99.3 Å². The van der Waals surface area contributed by atoms with E-state index < -0.39 is 0 Å². The first kappa shape index (κ1) is 11.0. The highest BCUT2D eigenvalue weighted by molar-refractivity contribution is 5.14. The molecule has 0 radical (unpaired) electrons. The smallest absolute Gasteiger partial charge is 0.0657 e. The van der Waals surface area contributed by atoms with E-state index in [9.17, 15) is 0 Å². The van der Waals surface area contributed by atoms with Crippen molar-refractivity contribution in [2.24, 2.45) is 5.41 Å². The van der Waals surface area contributed by atoms with Crippen LogP contribution in [0, 0.1) is 5.41 Å². The summed E-state index contributed by atoms with van der Waals surface area (Å²) in [6, 6.07) is 0. The predicted molar refractivity (Wildman–Crippen MR) is 65.5 cm³/mol.